The number of benzene rings is 2. The molecule has 0 saturated carbocycles. The summed E-state index contributed by atoms with van der Waals surface area (Å²) in [5.41, 5.74) is 0.600. The molecule has 4 heteroatoms. The van der Waals surface area contributed by atoms with E-state index in [-0.39, 0.29) is 12.0 Å². The highest BCUT2D eigenvalue weighted by molar-refractivity contribution is 5.29. The molecule has 0 heterocycles. The van der Waals surface area contributed by atoms with Crippen molar-refractivity contribution in [1.82, 2.24) is 0 Å². The van der Waals surface area contributed by atoms with Crippen molar-refractivity contribution in [3.8, 4) is 0 Å². The molecule has 2 rings (SSSR count). The Kier molecular flexibility index (Phi) is 5.02. The molecule has 0 aliphatic rings. The molecule has 112 valence electrons. The molecule has 21 heavy (non-hydrogen) atoms. The summed E-state index contributed by atoms with van der Waals surface area (Å²) < 4.78 is 38.6. The van der Waals surface area contributed by atoms with Gasteiger partial charge in [0.2, 0.25) is 0 Å². The van der Waals surface area contributed by atoms with Crippen molar-refractivity contribution in [2.45, 2.75) is 31.5 Å². The molecule has 2 aromatic rings. The highest BCUT2D eigenvalue weighted by Crippen LogP contribution is 2.32. The normalized spacial score (nSPS) is 13.1. The van der Waals surface area contributed by atoms with E-state index < -0.39 is 17.8 Å². The van der Waals surface area contributed by atoms with Gasteiger partial charge in [-0.1, -0.05) is 48.5 Å². The molecule has 2 aromatic carbocycles. The molecule has 0 aliphatic heterocycles. The lowest BCUT2D eigenvalue weighted by Gasteiger charge is -2.15. The van der Waals surface area contributed by atoms with Crippen molar-refractivity contribution in [1.29, 1.82) is 0 Å². The predicted molar refractivity (Wildman–Crippen MR) is 75.9 cm³/mol. The van der Waals surface area contributed by atoms with Crippen molar-refractivity contribution >= 4 is 0 Å². The van der Waals surface area contributed by atoms with Crippen molar-refractivity contribution in [3.63, 3.8) is 0 Å². The smallest absolute Gasteiger partial charge is 0.393 e. The van der Waals surface area contributed by atoms with Gasteiger partial charge in [-0.3, -0.25) is 0 Å². The number of alkyl halides is 3. The second-order valence-electron chi connectivity index (χ2n) is 5.04. The van der Waals surface area contributed by atoms with Crippen LogP contribution in [0.25, 0.3) is 0 Å². The van der Waals surface area contributed by atoms with Gasteiger partial charge in [-0.25, -0.2) is 0 Å². The van der Waals surface area contributed by atoms with Crippen LogP contribution in [-0.2, 0) is 19.0 Å². The van der Waals surface area contributed by atoms with E-state index in [1.54, 1.807) is 6.07 Å². The molecule has 0 spiro atoms. The number of aryl methyl sites for hydroxylation is 1. The van der Waals surface area contributed by atoms with E-state index >= 15 is 0 Å². The van der Waals surface area contributed by atoms with Crippen molar-refractivity contribution < 1.29 is 18.3 Å². The van der Waals surface area contributed by atoms with Crippen molar-refractivity contribution in [3.05, 3.63) is 71.3 Å². The van der Waals surface area contributed by atoms with E-state index in [1.807, 2.05) is 30.3 Å². The van der Waals surface area contributed by atoms with Gasteiger partial charge in [0.25, 0.3) is 0 Å². The first-order valence-electron chi connectivity index (χ1n) is 6.84. The fourth-order valence-corrected chi connectivity index (χ4v) is 2.33. The van der Waals surface area contributed by atoms with Crippen LogP contribution in [-0.4, -0.2) is 11.2 Å². The zero-order valence-corrected chi connectivity index (χ0v) is 11.5. The van der Waals surface area contributed by atoms with Crippen LogP contribution in [0.4, 0.5) is 13.2 Å². The third-order valence-electron chi connectivity index (χ3n) is 3.38. The van der Waals surface area contributed by atoms with Gasteiger partial charge in [0.15, 0.2) is 0 Å². The van der Waals surface area contributed by atoms with Crippen LogP contribution in [0, 0.1) is 0 Å². The molecule has 1 atom stereocenters. The van der Waals surface area contributed by atoms with Gasteiger partial charge in [0.05, 0.1) is 11.7 Å². The summed E-state index contributed by atoms with van der Waals surface area (Å²) in [6.45, 7) is 0. The van der Waals surface area contributed by atoms with Gasteiger partial charge >= 0.3 is 6.18 Å². The minimum absolute atomic E-state index is 0.212. The first-order valence-corrected chi connectivity index (χ1v) is 6.84. The molecule has 0 amide bonds. The van der Waals surface area contributed by atoms with Crippen LogP contribution in [0.15, 0.2) is 54.6 Å². The van der Waals surface area contributed by atoms with E-state index in [4.69, 9.17) is 0 Å². The summed E-state index contributed by atoms with van der Waals surface area (Å²) in [5, 5.41) is 9.98. The molecule has 0 bridgehead atoms. The largest absolute Gasteiger partial charge is 0.416 e. The van der Waals surface area contributed by atoms with Gasteiger partial charge in [-0.05, 0) is 36.5 Å². The number of rotatable bonds is 5. The number of hydrogen-bond acceptors (Lipinski definition) is 1. The summed E-state index contributed by atoms with van der Waals surface area (Å²) in [5.74, 6) is 0. The predicted octanol–water partition coefficient (Wildman–Crippen LogP) is 4.24. The number of hydrogen-bond donors (Lipinski definition) is 1. The number of halogens is 3. The standard InChI is InChI=1S/C17H17F3O/c18-17(19,20)16-9-5-4-8-14(16)10-11-15(21)12-13-6-2-1-3-7-13/h1-9,15,21H,10-12H2. The Hall–Kier alpha value is -1.81. The Morgan fingerprint density at radius 1 is 0.905 bits per heavy atom. The van der Waals surface area contributed by atoms with Crippen LogP contribution < -0.4 is 0 Å². The topological polar surface area (TPSA) is 20.2 Å². The maximum atomic E-state index is 12.9. The number of aliphatic hydroxyl groups is 1. The van der Waals surface area contributed by atoms with Crippen LogP contribution >= 0.6 is 0 Å². The Labute approximate surface area is 122 Å². The maximum Gasteiger partial charge on any atom is 0.416 e. The molecule has 0 fully saturated rings. The number of aliphatic hydroxyl groups excluding tert-OH is 1. The summed E-state index contributed by atoms with van der Waals surface area (Å²) in [6, 6.07) is 15.0. The summed E-state index contributed by atoms with van der Waals surface area (Å²) in [6.07, 6.45) is -4.02. The van der Waals surface area contributed by atoms with Gasteiger partial charge in [-0.2, -0.15) is 13.2 Å². The lowest BCUT2D eigenvalue weighted by atomic mass is 9.98. The van der Waals surface area contributed by atoms with Gasteiger partial charge < -0.3 is 5.11 Å². The van der Waals surface area contributed by atoms with E-state index in [0.717, 1.165) is 11.6 Å². The molecule has 1 nitrogen and oxygen atoms in total. The van der Waals surface area contributed by atoms with Gasteiger partial charge in [0.1, 0.15) is 0 Å². The Morgan fingerprint density at radius 2 is 1.52 bits per heavy atom. The van der Waals surface area contributed by atoms with E-state index in [1.165, 1.54) is 12.1 Å². The molecular formula is C17H17F3O. The zero-order chi connectivity index (χ0) is 15.3. The first-order chi connectivity index (χ1) is 9.97. The Morgan fingerprint density at radius 3 is 2.19 bits per heavy atom. The fourth-order valence-electron chi connectivity index (χ4n) is 2.33. The lowest BCUT2D eigenvalue weighted by molar-refractivity contribution is -0.138. The van der Waals surface area contributed by atoms with Crippen LogP contribution in [0.3, 0.4) is 0 Å². The summed E-state index contributed by atoms with van der Waals surface area (Å²) >= 11 is 0. The van der Waals surface area contributed by atoms with Crippen LogP contribution in [0.1, 0.15) is 23.1 Å². The van der Waals surface area contributed by atoms with E-state index in [2.05, 4.69) is 0 Å². The molecule has 0 radical (unpaired) electrons. The highest BCUT2D eigenvalue weighted by Gasteiger charge is 2.32. The second-order valence-corrected chi connectivity index (χ2v) is 5.04. The third-order valence-corrected chi connectivity index (χ3v) is 3.38. The molecule has 1 unspecified atom stereocenters. The first kappa shape index (κ1) is 15.6. The minimum Gasteiger partial charge on any atom is -0.393 e. The monoisotopic (exact) mass is 294 g/mol. The molecule has 1 N–H and O–H groups in total. The molecular weight excluding hydrogens is 277 g/mol. The summed E-state index contributed by atoms with van der Waals surface area (Å²) in [7, 11) is 0. The SMILES string of the molecule is OC(CCc1ccccc1C(F)(F)F)Cc1ccccc1. The lowest BCUT2D eigenvalue weighted by Crippen LogP contribution is -2.14. The van der Waals surface area contributed by atoms with E-state index in [9.17, 15) is 18.3 Å². The zero-order valence-electron chi connectivity index (χ0n) is 11.5. The quantitative estimate of drug-likeness (QED) is 0.874. The average Bonchev–Trinajstić information content (AvgIpc) is 2.45. The molecule has 0 saturated heterocycles. The summed E-state index contributed by atoms with van der Waals surface area (Å²) in [4.78, 5) is 0. The Balaban J connectivity index is 1.97. The second kappa shape index (κ2) is 6.76. The fraction of sp³-hybridized carbons (Fsp3) is 0.294. The maximum absolute atomic E-state index is 12.9. The van der Waals surface area contributed by atoms with E-state index in [0.29, 0.717) is 12.8 Å². The minimum atomic E-state index is -4.35. The van der Waals surface area contributed by atoms with Crippen LogP contribution in [0.2, 0.25) is 0 Å². The van der Waals surface area contributed by atoms with Gasteiger partial charge in [0, 0.05) is 0 Å². The highest BCUT2D eigenvalue weighted by atomic mass is 19.4. The average molecular weight is 294 g/mol. The van der Waals surface area contributed by atoms with Crippen molar-refractivity contribution in [2.75, 3.05) is 0 Å². The van der Waals surface area contributed by atoms with Gasteiger partial charge in [-0.15, -0.1) is 0 Å². The van der Waals surface area contributed by atoms with Crippen molar-refractivity contribution in [2.24, 2.45) is 0 Å². The molecule has 0 aromatic heterocycles. The third kappa shape index (κ3) is 4.60. The van der Waals surface area contributed by atoms with Crippen LogP contribution in [0.5, 0.6) is 0 Å². The molecule has 0 aliphatic carbocycles. The Bertz CT molecular complexity index is 564.